The summed E-state index contributed by atoms with van der Waals surface area (Å²) in [5.41, 5.74) is 0.160. The maximum Gasteiger partial charge on any atom is 0.311 e. The molecule has 28 heavy (non-hydrogen) atoms. The van der Waals surface area contributed by atoms with Gasteiger partial charge in [-0.25, -0.2) is 8.42 Å². The monoisotopic (exact) mass is 409 g/mol. The molecule has 154 valence electrons. The fourth-order valence-corrected chi connectivity index (χ4v) is 4.86. The Labute approximate surface area is 165 Å². The first-order valence-corrected chi connectivity index (χ1v) is 11.2. The number of amides is 1. The summed E-state index contributed by atoms with van der Waals surface area (Å²) in [6, 6.07) is 6.23. The van der Waals surface area contributed by atoms with Gasteiger partial charge in [0.2, 0.25) is 10.0 Å². The van der Waals surface area contributed by atoms with Crippen LogP contribution in [0.2, 0.25) is 0 Å². The third kappa shape index (κ3) is 3.60. The van der Waals surface area contributed by atoms with Crippen LogP contribution in [0.3, 0.4) is 0 Å². The molecule has 0 aromatic heterocycles. The Morgan fingerprint density at radius 2 is 1.82 bits per heavy atom. The third-order valence-corrected chi connectivity index (χ3v) is 7.42. The highest BCUT2D eigenvalue weighted by atomic mass is 32.2. The quantitative estimate of drug-likeness (QED) is 0.800. The van der Waals surface area contributed by atoms with Crippen molar-refractivity contribution in [3.63, 3.8) is 0 Å². The highest BCUT2D eigenvalue weighted by Crippen LogP contribution is 2.42. The minimum atomic E-state index is -3.37. The normalized spacial score (nSPS) is 25.8. The number of carbonyl (C=O) groups is 2. The topological polar surface area (TPSA) is 98.2 Å². The van der Waals surface area contributed by atoms with Crippen molar-refractivity contribution in [1.82, 2.24) is 9.80 Å². The molecule has 2 heterocycles. The molecule has 0 saturated carbocycles. The van der Waals surface area contributed by atoms with Crippen molar-refractivity contribution < 1.29 is 23.1 Å². The molecule has 2 fully saturated rings. The minimum Gasteiger partial charge on any atom is -0.481 e. The molecule has 1 aromatic rings. The fraction of sp³-hybridized carbons (Fsp3) is 0.579. The molecule has 1 amide bonds. The summed E-state index contributed by atoms with van der Waals surface area (Å²) in [4.78, 5) is 28.7. The van der Waals surface area contributed by atoms with Gasteiger partial charge in [0.05, 0.1) is 17.4 Å². The van der Waals surface area contributed by atoms with Gasteiger partial charge in [-0.3, -0.25) is 13.9 Å². The van der Waals surface area contributed by atoms with Gasteiger partial charge in [0.15, 0.2) is 0 Å². The Bertz CT molecular complexity index is 870. The number of carboxylic acids is 1. The maximum atomic E-state index is 13.0. The number of nitrogens with zero attached hydrogens (tertiary/aromatic N) is 3. The van der Waals surface area contributed by atoms with E-state index in [9.17, 15) is 23.1 Å². The van der Waals surface area contributed by atoms with Crippen LogP contribution in [0.25, 0.3) is 0 Å². The van der Waals surface area contributed by atoms with Crippen molar-refractivity contribution in [2.24, 2.45) is 5.41 Å². The van der Waals surface area contributed by atoms with Crippen LogP contribution >= 0.6 is 0 Å². The van der Waals surface area contributed by atoms with E-state index in [0.717, 1.165) is 23.5 Å². The molecule has 9 heteroatoms. The molecule has 2 atom stereocenters. The number of benzene rings is 1. The molecule has 0 spiro atoms. The molecule has 2 aliphatic heterocycles. The van der Waals surface area contributed by atoms with Gasteiger partial charge in [-0.2, -0.15) is 0 Å². The van der Waals surface area contributed by atoms with E-state index >= 15 is 0 Å². The number of likely N-dealkylation sites (N-methyl/N-ethyl adjacent to an activating group) is 1. The first-order valence-electron chi connectivity index (χ1n) is 9.33. The zero-order chi connectivity index (χ0) is 20.7. The van der Waals surface area contributed by atoms with Gasteiger partial charge in [-0.15, -0.1) is 0 Å². The summed E-state index contributed by atoms with van der Waals surface area (Å²) in [6.07, 6.45) is 3.06. The average molecular weight is 410 g/mol. The summed E-state index contributed by atoms with van der Waals surface area (Å²) in [5, 5.41) is 9.85. The minimum absolute atomic E-state index is 0.161. The predicted octanol–water partition coefficient (Wildman–Crippen LogP) is 1.09. The van der Waals surface area contributed by atoms with E-state index in [1.807, 2.05) is 7.05 Å². The van der Waals surface area contributed by atoms with Gasteiger partial charge in [0, 0.05) is 31.7 Å². The van der Waals surface area contributed by atoms with Crippen LogP contribution in [0.5, 0.6) is 0 Å². The molecule has 0 aliphatic carbocycles. The van der Waals surface area contributed by atoms with Crippen molar-refractivity contribution in [3.8, 4) is 0 Å². The average Bonchev–Trinajstić information content (AvgIpc) is 2.66. The number of sulfonamides is 1. The molecule has 0 bridgehead atoms. The summed E-state index contributed by atoms with van der Waals surface area (Å²) in [6.45, 7) is 1.61. The number of rotatable bonds is 4. The van der Waals surface area contributed by atoms with Gasteiger partial charge in [-0.05, 0) is 57.1 Å². The van der Waals surface area contributed by atoms with Crippen LogP contribution in [-0.4, -0.2) is 81.2 Å². The Morgan fingerprint density at radius 3 is 2.39 bits per heavy atom. The molecular weight excluding hydrogens is 382 g/mol. The van der Waals surface area contributed by atoms with Crippen LogP contribution in [0, 0.1) is 5.41 Å². The lowest BCUT2D eigenvalue weighted by atomic mass is 9.68. The number of hydrogen-bond acceptors (Lipinski definition) is 5. The maximum absolute atomic E-state index is 13.0. The smallest absolute Gasteiger partial charge is 0.311 e. The second-order valence-corrected chi connectivity index (χ2v) is 9.85. The van der Waals surface area contributed by atoms with Crippen LogP contribution in [-0.2, 0) is 14.8 Å². The molecule has 2 aliphatic rings. The summed E-state index contributed by atoms with van der Waals surface area (Å²) >= 11 is 0. The van der Waals surface area contributed by atoms with Crippen molar-refractivity contribution in [2.45, 2.75) is 25.3 Å². The van der Waals surface area contributed by atoms with Gasteiger partial charge < -0.3 is 14.9 Å². The van der Waals surface area contributed by atoms with Crippen molar-refractivity contribution in [3.05, 3.63) is 29.8 Å². The molecule has 2 saturated heterocycles. The van der Waals surface area contributed by atoms with E-state index in [2.05, 4.69) is 4.90 Å². The van der Waals surface area contributed by atoms with E-state index in [-0.39, 0.29) is 11.9 Å². The lowest BCUT2D eigenvalue weighted by Crippen LogP contribution is -2.63. The lowest BCUT2D eigenvalue weighted by Gasteiger charge is -2.51. The molecule has 8 nitrogen and oxygen atoms in total. The third-order valence-electron chi connectivity index (χ3n) is 6.21. The molecule has 1 aromatic carbocycles. The van der Waals surface area contributed by atoms with Crippen molar-refractivity contribution >= 4 is 27.6 Å². The Kier molecular flexibility index (Phi) is 5.42. The van der Waals surface area contributed by atoms with Crippen LogP contribution in [0.4, 0.5) is 5.69 Å². The lowest BCUT2D eigenvalue weighted by molar-refractivity contribution is -0.161. The number of piperidine rings is 2. The van der Waals surface area contributed by atoms with Gasteiger partial charge in [-0.1, -0.05) is 0 Å². The standard InChI is InChI=1S/C19H27N3O5S/c1-20-11-4-9-19(18(24)25)10-12-22(13-16(19)20)17(23)14-5-7-15(8-6-14)21(2)28(3,26)27/h5-8,16H,4,9-13H2,1-3H3,(H,24,25)/t16-,19+/m1/s1. The Hall–Kier alpha value is -2.13. The van der Waals surface area contributed by atoms with Crippen molar-refractivity contribution in [1.29, 1.82) is 0 Å². The fourth-order valence-electron chi connectivity index (χ4n) is 4.36. The van der Waals surface area contributed by atoms with Crippen LogP contribution in [0.15, 0.2) is 24.3 Å². The van der Waals surface area contributed by atoms with E-state index in [1.165, 1.54) is 7.05 Å². The zero-order valence-corrected chi connectivity index (χ0v) is 17.3. The van der Waals surface area contributed by atoms with Gasteiger partial charge in [0.1, 0.15) is 0 Å². The second-order valence-electron chi connectivity index (χ2n) is 7.84. The largest absolute Gasteiger partial charge is 0.481 e. The number of fused-ring (bicyclic) bond motifs is 1. The van der Waals surface area contributed by atoms with Crippen LogP contribution < -0.4 is 4.31 Å². The number of aliphatic carboxylic acids is 1. The van der Waals surface area contributed by atoms with Crippen LogP contribution in [0.1, 0.15) is 29.6 Å². The summed E-state index contributed by atoms with van der Waals surface area (Å²) in [5.74, 6) is -0.934. The molecule has 0 radical (unpaired) electrons. The second kappa shape index (κ2) is 7.36. The number of anilines is 1. The summed E-state index contributed by atoms with van der Waals surface area (Å²) in [7, 11) is 0.0144. The molecule has 0 unspecified atom stereocenters. The van der Waals surface area contributed by atoms with E-state index in [4.69, 9.17) is 0 Å². The SMILES string of the molecule is CN1CCC[C@]2(C(=O)O)CCN(C(=O)c3ccc(N(C)S(C)(=O)=O)cc3)C[C@@H]12. The first-order chi connectivity index (χ1) is 13.1. The van der Waals surface area contributed by atoms with Gasteiger partial charge >= 0.3 is 5.97 Å². The Balaban J connectivity index is 1.78. The highest BCUT2D eigenvalue weighted by Gasteiger charge is 2.52. The number of hydrogen-bond donors (Lipinski definition) is 1. The van der Waals surface area contributed by atoms with E-state index in [1.54, 1.807) is 29.2 Å². The zero-order valence-electron chi connectivity index (χ0n) is 16.5. The first kappa shape index (κ1) is 20.6. The Morgan fingerprint density at radius 1 is 1.18 bits per heavy atom. The molecule has 3 rings (SSSR count). The van der Waals surface area contributed by atoms with E-state index < -0.39 is 21.4 Å². The summed E-state index contributed by atoms with van der Waals surface area (Å²) < 4.78 is 24.4. The molecular formula is C19H27N3O5S. The van der Waals surface area contributed by atoms with Gasteiger partial charge in [0.25, 0.3) is 5.91 Å². The van der Waals surface area contributed by atoms with Crippen molar-refractivity contribution in [2.75, 3.05) is 44.3 Å². The van der Waals surface area contributed by atoms with E-state index in [0.29, 0.717) is 37.2 Å². The molecule has 1 N–H and O–H groups in total. The number of carboxylic acid groups (broad SMARTS) is 1. The number of likely N-dealkylation sites (tertiary alicyclic amines) is 2. The highest BCUT2D eigenvalue weighted by molar-refractivity contribution is 7.92. The predicted molar refractivity (Wildman–Crippen MR) is 106 cm³/mol. The number of carbonyl (C=O) groups excluding carboxylic acids is 1.